The normalized spacial score (nSPS) is 10.9. The molecule has 4 rings (SSSR count). The summed E-state index contributed by atoms with van der Waals surface area (Å²) in [5, 5.41) is 10.1. The van der Waals surface area contributed by atoms with Gasteiger partial charge in [-0.05, 0) is 23.8 Å². The molecular formula is C19H19N7O3. The van der Waals surface area contributed by atoms with Crippen molar-refractivity contribution in [2.45, 2.75) is 0 Å². The van der Waals surface area contributed by atoms with Crippen molar-refractivity contribution in [3.63, 3.8) is 0 Å². The number of anilines is 3. The number of methoxy groups -OCH3 is 1. The molecule has 4 aromatic rings. The summed E-state index contributed by atoms with van der Waals surface area (Å²) < 4.78 is 7.88. The summed E-state index contributed by atoms with van der Waals surface area (Å²) in [7, 11) is 4.82. The molecule has 3 aromatic heterocycles. The van der Waals surface area contributed by atoms with Crippen LogP contribution in [0, 0.1) is 0 Å². The van der Waals surface area contributed by atoms with Crippen LogP contribution in [0.1, 0.15) is 0 Å². The van der Waals surface area contributed by atoms with Gasteiger partial charge in [0.25, 0.3) is 0 Å². The van der Waals surface area contributed by atoms with Gasteiger partial charge in [0.15, 0.2) is 0 Å². The Labute approximate surface area is 165 Å². The summed E-state index contributed by atoms with van der Waals surface area (Å²) >= 11 is 0. The standard InChI is InChI=1S/C19H19N7O3/c1-25-10-12(8-21-25)11-4-13(6-14(5-11)23-19(28)29-3)22-17-7-15-16(9-20-17)26(2)18(27)24-15/h4-10H,1-3H3,(H,20,22)(H,23,28)(H,24,27). The Morgan fingerprint density at radius 2 is 1.90 bits per heavy atom. The summed E-state index contributed by atoms with van der Waals surface area (Å²) in [4.78, 5) is 30.6. The van der Waals surface area contributed by atoms with Gasteiger partial charge in [-0.3, -0.25) is 14.6 Å². The number of pyridine rings is 1. The lowest BCUT2D eigenvalue weighted by molar-refractivity contribution is 0.187. The van der Waals surface area contributed by atoms with E-state index < -0.39 is 6.09 Å². The number of fused-ring (bicyclic) bond motifs is 1. The second-order valence-electron chi connectivity index (χ2n) is 6.52. The Bertz CT molecular complexity index is 1270. The summed E-state index contributed by atoms with van der Waals surface area (Å²) in [5.74, 6) is 0.548. The van der Waals surface area contributed by atoms with E-state index in [1.807, 2.05) is 25.4 Å². The largest absolute Gasteiger partial charge is 0.453 e. The molecule has 0 aliphatic carbocycles. The molecule has 10 nitrogen and oxygen atoms in total. The number of rotatable bonds is 4. The number of aromatic amines is 1. The highest BCUT2D eigenvalue weighted by molar-refractivity contribution is 5.88. The number of H-pyrrole nitrogens is 1. The van der Waals surface area contributed by atoms with Gasteiger partial charge in [-0.2, -0.15) is 5.10 Å². The van der Waals surface area contributed by atoms with Crippen LogP contribution in [0.15, 0.2) is 47.7 Å². The number of carbonyl (C=O) groups is 1. The lowest BCUT2D eigenvalue weighted by Crippen LogP contribution is -2.11. The number of imidazole rings is 1. The highest BCUT2D eigenvalue weighted by atomic mass is 16.5. The lowest BCUT2D eigenvalue weighted by atomic mass is 10.1. The first-order valence-electron chi connectivity index (χ1n) is 8.74. The van der Waals surface area contributed by atoms with Crippen molar-refractivity contribution in [3.8, 4) is 11.1 Å². The molecular weight excluding hydrogens is 374 g/mol. The molecule has 0 unspecified atom stereocenters. The van der Waals surface area contributed by atoms with Crippen molar-refractivity contribution in [1.82, 2.24) is 24.3 Å². The van der Waals surface area contributed by atoms with E-state index in [9.17, 15) is 9.59 Å². The smallest absolute Gasteiger partial charge is 0.411 e. The van der Waals surface area contributed by atoms with E-state index in [1.165, 1.54) is 11.7 Å². The Morgan fingerprint density at radius 3 is 2.62 bits per heavy atom. The number of hydrogen-bond acceptors (Lipinski definition) is 6. The number of carbonyl (C=O) groups excluding carboxylic acids is 1. The number of aryl methyl sites for hydroxylation is 2. The third kappa shape index (κ3) is 3.68. The van der Waals surface area contributed by atoms with Gasteiger partial charge >= 0.3 is 11.8 Å². The van der Waals surface area contributed by atoms with Crippen molar-refractivity contribution < 1.29 is 9.53 Å². The Hall–Kier alpha value is -4.08. The van der Waals surface area contributed by atoms with Gasteiger partial charge in [-0.25, -0.2) is 14.6 Å². The van der Waals surface area contributed by atoms with Crippen molar-refractivity contribution in [1.29, 1.82) is 0 Å². The number of benzene rings is 1. The topological polar surface area (TPSA) is 119 Å². The Morgan fingerprint density at radius 1 is 1.10 bits per heavy atom. The molecule has 10 heteroatoms. The number of aromatic nitrogens is 5. The van der Waals surface area contributed by atoms with E-state index in [2.05, 4.69) is 30.4 Å². The van der Waals surface area contributed by atoms with Crippen LogP contribution in [-0.4, -0.2) is 37.5 Å². The SMILES string of the molecule is COC(=O)Nc1cc(Nc2cc3[nH]c(=O)n(C)c3cn2)cc(-c2cnn(C)c2)c1. The zero-order chi connectivity index (χ0) is 20.5. The molecule has 1 aromatic carbocycles. The van der Waals surface area contributed by atoms with E-state index in [1.54, 1.807) is 36.3 Å². The maximum atomic E-state index is 11.8. The first kappa shape index (κ1) is 18.3. The fourth-order valence-electron chi connectivity index (χ4n) is 3.02. The van der Waals surface area contributed by atoms with Gasteiger partial charge in [0.05, 0.1) is 30.5 Å². The Balaban J connectivity index is 1.72. The molecule has 29 heavy (non-hydrogen) atoms. The molecule has 0 saturated heterocycles. The van der Waals surface area contributed by atoms with Crippen LogP contribution in [0.3, 0.4) is 0 Å². The predicted octanol–water partition coefficient (Wildman–Crippen LogP) is 2.58. The summed E-state index contributed by atoms with van der Waals surface area (Å²) in [5.41, 5.74) is 4.16. The first-order chi connectivity index (χ1) is 13.9. The van der Waals surface area contributed by atoms with Gasteiger partial charge in [0.1, 0.15) is 5.82 Å². The number of nitrogens with zero attached hydrogens (tertiary/aromatic N) is 4. The van der Waals surface area contributed by atoms with Crippen LogP contribution < -0.4 is 16.3 Å². The van der Waals surface area contributed by atoms with E-state index in [0.717, 1.165) is 11.1 Å². The molecule has 0 bridgehead atoms. The number of hydrogen-bond donors (Lipinski definition) is 3. The van der Waals surface area contributed by atoms with Crippen molar-refractivity contribution >= 4 is 34.3 Å². The maximum Gasteiger partial charge on any atom is 0.411 e. The fourth-order valence-corrected chi connectivity index (χ4v) is 3.02. The van der Waals surface area contributed by atoms with Crippen LogP contribution in [-0.2, 0) is 18.8 Å². The minimum Gasteiger partial charge on any atom is -0.453 e. The zero-order valence-corrected chi connectivity index (χ0v) is 16.1. The van der Waals surface area contributed by atoms with Crippen molar-refractivity contribution in [3.05, 3.63) is 53.3 Å². The molecule has 0 fully saturated rings. The van der Waals surface area contributed by atoms with Crippen LogP contribution in [0.2, 0.25) is 0 Å². The van der Waals surface area contributed by atoms with Crippen LogP contribution in [0.25, 0.3) is 22.2 Å². The molecule has 0 aliphatic rings. The molecule has 0 atom stereocenters. The molecule has 148 valence electrons. The maximum absolute atomic E-state index is 11.8. The third-order valence-electron chi connectivity index (χ3n) is 4.47. The molecule has 0 saturated carbocycles. The summed E-state index contributed by atoms with van der Waals surface area (Å²) in [6.45, 7) is 0. The number of nitrogens with one attached hydrogen (secondary N) is 3. The summed E-state index contributed by atoms with van der Waals surface area (Å²) in [6.07, 6.45) is 4.66. The van der Waals surface area contributed by atoms with Crippen LogP contribution >= 0.6 is 0 Å². The molecule has 1 amide bonds. The van der Waals surface area contributed by atoms with Gasteiger partial charge in [0, 0.05) is 43.3 Å². The Kier molecular flexibility index (Phi) is 4.51. The van der Waals surface area contributed by atoms with Gasteiger partial charge in [-0.15, -0.1) is 0 Å². The zero-order valence-electron chi connectivity index (χ0n) is 16.1. The minimum atomic E-state index is -0.569. The van der Waals surface area contributed by atoms with E-state index >= 15 is 0 Å². The second kappa shape index (κ2) is 7.15. The van der Waals surface area contributed by atoms with Gasteiger partial charge in [-0.1, -0.05) is 0 Å². The average Bonchev–Trinajstić information content (AvgIpc) is 3.25. The molecule has 3 N–H and O–H groups in total. The second-order valence-corrected chi connectivity index (χ2v) is 6.52. The van der Waals surface area contributed by atoms with Crippen LogP contribution in [0.5, 0.6) is 0 Å². The quantitative estimate of drug-likeness (QED) is 0.490. The monoisotopic (exact) mass is 393 g/mol. The van der Waals surface area contributed by atoms with Gasteiger partial charge in [0.2, 0.25) is 0 Å². The molecule has 0 radical (unpaired) electrons. The minimum absolute atomic E-state index is 0.206. The molecule has 0 spiro atoms. The van der Waals surface area contributed by atoms with E-state index in [4.69, 9.17) is 0 Å². The number of amides is 1. The molecule has 0 aliphatic heterocycles. The lowest BCUT2D eigenvalue weighted by Gasteiger charge is -2.11. The highest BCUT2D eigenvalue weighted by Gasteiger charge is 2.10. The predicted molar refractivity (Wildman–Crippen MR) is 109 cm³/mol. The first-order valence-corrected chi connectivity index (χ1v) is 8.74. The molecule has 3 heterocycles. The van der Waals surface area contributed by atoms with Crippen molar-refractivity contribution in [2.24, 2.45) is 14.1 Å². The highest BCUT2D eigenvalue weighted by Crippen LogP contribution is 2.29. The average molecular weight is 393 g/mol. The third-order valence-corrected chi connectivity index (χ3v) is 4.47. The van der Waals surface area contributed by atoms with Crippen molar-refractivity contribution in [2.75, 3.05) is 17.7 Å². The summed E-state index contributed by atoms with van der Waals surface area (Å²) in [6, 6.07) is 7.25. The van der Waals surface area contributed by atoms with E-state index in [0.29, 0.717) is 28.2 Å². The fraction of sp³-hybridized carbons (Fsp3) is 0.158. The van der Waals surface area contributed by atoms with Crippen LogP contribution in [0.4, 0.5) is 22.0 Å². The number of ether oxygens (including phenoxy) is 1. The van der Waals surface area contributed by atoms with Gasteiger partial charge < -0.3 is 15.0 Å². The van der Waals surface area contributed by atoms with E-state index in [-0.39, 0.29) is 5.69 Å².